The van der Waals surface area contributed by atoms with Crippen LogP contribution in [0.3, 0.4) is 0 Å². The van der Waals surface area contributed by atoms with Crippen LogP contribution in [0, 0.1) is 0 Å². The second-order valence-corrected chi connectivity index (χ2v) is 5.04. The van der Waals surface area contributed by atoms with Crippen LogP contribution in [0.2, 0.25) is 0 Å². The number of carbonyl (C=O) groups is 1. The molecule has 1 aliphatic heterocycles. The number of piperidine rings is 1. The van der Waals surface area contributed by atoms with E-state index in [4.69, 9.17) is 0 Å². The van der Waals surface area contributed by atoms with Gasteiger partial charge in [0.05, 0.1) is 0 Å². The van der Waals surface area contributed by atoms with Gasteiger partial charge in [-0.25, -0.2) is 4.98 Å². The van der Waals surface area contributed by atoms with Gasteiger partial charge in [-0.05, 0) is 52.0 Å². The average Bonchev–Trinajstić information content (AvgIpc) is 2.50. The SMILES string of the molecule is CCC(=O)N(CC)c1ccccn1.CN1CCCCC1. The van der Waals surface area contributed by atoms with Crippen molar-refractivity contribution >= 4 is 11.7 Å². The summed E-state index contributed by atoms with van der Waals surface area (Å²) in [6, 6.07) is 5.57. The van der Waals surface area contributed by atoms with Gasteiger partial charge in [-0.15, -0.1) is 0 Å². The summed E-state index contributed by atoms with van der Waals surface area (Å²) in [4.78, 5) is 19.6. The van der Waals surface area contributed by atoms with Gasteiger partial charge in [-0.1, -0.05) is 19.4 Å². The van der Waals surface area contributed by atoms with E-state index in [0.29, 0.717) is 13.0 Å². The normalized spacial score (nSPS) is 15.2. The highest BCUT2D eigenvalue weighted by Crippen LogP contribution is 2.09. The van der Waals surface area contributed by atoms with E-state index >= 15 is 0 Å². The molecule has 0 saturated carbocycles. The molecular weight excluding hydrogens is 250 g/mol. The molecule has 20 heavy (non-hydrogen) atoms. The zero-order valence-corrected chi connectivity index (χ0v) is 13.0. The van der Waals surface area contributed by atoms with E-state index in [2.05, 4.69) is 16.9 Å². The number of amides is 1. The molecule has 2 rings (SSSR count). The third kappa shape index (κ3) is 5.70. The van der Waals surface area contributed by atoms with Crippen molar-refractivity contribution in [3.63, 3.8) is 0 Å². The molecule has 1 aromatic heterocycles. The molecule has 0 aromatic carbocycles. The molecule has 0 unspecified atom stereocenters. The molecule has 0 atom stereocenters. The number of likely N-dealkylation sites (tertiary alicyclic amines) is 1. The Morgan fingerprint density at radius 3 is 2.35 bits per heavy atom. The smallest absolute Gasteiger partial charge is 0.227 e. The first-order valence-electron chi connectivity index (χ1n) is 7.59. The van der Waals surface area contributed by atoms with Gasteiger partial charge in [0.2, 0.25) is 5.91 Å². The van der Waals surface area contributed by atoms with Crippen molar-refractivity contribution in [3.8, 4) is 0 Å². The summed E-state index contributed by atoms with van der Waals surface area (Å²) in [5.41, 5.74) is 0. The Labute approximate surface area is 122 Å². The standard InChI is InChI=1S/C10H14N2O.C6H13N/c1-3-10(13)12(4-2)9-7-5-6-8-11-9;1-7-5-3-2-4-6-7/h5-8H,3-4H2,1-2H3;2-6H2,1H3. The van der Waals surface area contributed by atoms with E-state index in [1.807, 2.05) is 32.0 Å². The van der Waals surface area contributed by atoms with E-state index in [0.717, 1.165) is 5.82 Å². The van der Waals surface area contributed by atoms with Crippen LogP contribution in [0.5, 0.6) is 0 Å². The zero-order valence-electron chi connectivity index (χ0n) is 13.0. The van der Waals surface area contributed by atoms with Crippen LogP contribution in [-0.4, -0.2) is 42.5 Å². The fourth-order valence-corrected chi connectivity index (χ4v) is 2.22. The Morgan fingerprint density at radius 1 is 1.25 bits per heavy atom. The summed E-state index contributed by atoms with van der Waals surface area (Å²) >= 11 is 0. The van der Waals surface area contributed by atoms with Gasteiger partial charge < -0.3 is 4.90 Å². The summed E-state index contributed by atoms with van der Waals surface area (Å²) < 4.78 is 0. The van der Waals surface area contributed by atoms with Crippen LogP contribution < -0.4 is 4.90 Å². The molecule has 4 nitrogen and oxygen atoms in total. The molecule has 0 N–H and O–H groups in total. The molecule has 1 aromatic rings. The number of hydrogen-bond donors (Lipinski definition) is 0. The van der Waals surface area contributed by atoms with Gasteiger partial charge in [0.25, 0.3) is 0 Å². The average molecular weight is 277 g/mol. The van der Waals surface area contributed by atoms with Crippen molar-refractivity contribution in [1.29, 1.82) is 0 Å². The Morgan fingerprint density at radius 2 is 1.95 bits per heavy atom. The lowest BCUT2D eigenvalue weighted by Crippen LogP contribution is -2.30. The Hall–Kier alpha value is -1.42. The monoisotopic (exact) mass is 277 g/mol. The predicted molar refractivity (Wildman–Crippen MR) is 83.9 cm³/mol. The van der Waals surface area contributed by atoms with Crippen molar-refractivity contribution in [2.24, 2.45) is 0 Å². The summed E-state index contributed by atoms with van der Waals surface area (Å²) in [6.45, 7) is 7.11. The van der Waals surface area contributed by atoms with Crippen LogP contribution in [0.15, 0.2) is 24.4 Å². The first-order chi connectivity index (χ1) is 9.69. The highest BCUT2D eigenvalue weighted by Gasteiger charge is 2.11. The Balaban J connectivity index is 0.000000240. The zero-order chi connectivity index (χ0) is 14.8. The maximum Gasteiger partial charge on any atom is 0.227 e. The second-order valence-electron chi connectivity index (χ2n) is 5.04. The lowest BCUT2D eigenvalue weighted by atomic mass is 10.1. The van der Waals surface area contributed by atoms with Crippen molar-refractivity contribution in [1.82, 2.24) is 9.88 Å². The van der Waals surface area contributed by atoms with Crippen LogP contribution in [0.1, 0.15) is 39.5 Å². The van der Waals surface area contributed by atoms with Gasteiger partial charge in [0.1, 0.15) is 5.82 Å². The third-order valence-corrected chi connectivity index (χ3v) is 3.43. The molecule has 0 aliphatic carbocycles. The fraction of sp³-hybridized carbons (Fsp3) is 0.625. The highest BCUT2D eigenvalue weighted by molar-refractivity contribution is 5.91. The summed E-state index contributed by atoms with van der Waals surface area (Å²) in [5, 5.41) is 0. The Bertz CT molecular complexity index is 375. The molecule has 112 valence electrons. The topological polar surface area (TPSA) is 36.4 Å². The minimum atomic E-state index is 0.112. The van der Waals surface area contributed by atoms with E-state index in [1.54, 1.807) is 11.1 Å². The largest absolute Gasteiger partial charge is 0.306 e. The molecule has 1 amide bonds. The highest BCUT2D eigenvalue weighted by atomic mass is 16.2. The van der Waals surface area contributed by atoms with E-state index < -0.39 is 0 Å². The number of anilines is 1. The molecular formula is C16H27N3O. The predicted octanol–water partition coefficient (Wildman–Crippen LogP) is 2.95. The Kier molecular flexibility index (Phi) is 7.88. The first-order valence-corrected chi connectivity index (χ1v) is 7.59. The van der Waals surface area contributed by atoms with Crippen LogP contribution in [-0.2, 0) is 4.79 Å². The van der Waals surface area contributed by atoms with Gasteiger partial charge in [-0.3, -0.25) is 9.69 Å². The van der Waals surface area contributed by atoms with Crippen LogP contribution in [0.4, 0.5) is 5.82 Å². The number of aromatic nitrogens is 1. The molecule has 0 spiro atoms. The number of nitrogens with zero attached hydrogens (tertiary/aromatic N) is 3. The van der Waals surface area contributed by atoms with Gasteiger partial charge >= 0.3 is 0 Å². The van der Waals surface area contributed by atoms with E-state index in [-0.39, 0.29) is 5.91 Å². The second kappa shape index (κ2) is 9.48. The summed E-state index contributed by atoms with van der Waals surface area (Å²) in [6.07, 6.45) is 6.49. The van der Waals surface area contributed by atoms with E-state index in [9.17, 15) is 4.79 Å². The number of hydrogen-bond acceptors (Lipinski definition) is 3. The number of carbonyl (C=O) groups excluding carboxylic acids is 1. The van der Waals surface area contributed by atoms with Crippen LogP contribution >= 0.6 is 0 Å². The maximum absolute atomic E-state index is 11.4. The number of pyridine rings is 1. The first kappa shape index (κ1) is 16.6. The van der Waals surface area contributed by atoms with Crippen molar-refractivity contribution in [2.45, 2.75) is 39.5 Å². The van der Waals surface area contributed by atoms with Crippen LogP contribution in [0.25, 0.3) is 0 Å². The third-order valence-electron chi connectivity index (χ3n) is 3.43. The van der Waals surface area contributed by atoms with Crippen molar-refractivity contribution in [3.05, 3.63) is 24.4 Å². The van der Waals surface area contributed by atoms with E-state index in [1.165, 1.54) is 32.4 Å². The molecule has 1 fully saturated rings. The minimum absolute atomic E-state index is 0.112. The molecule has 1 saturated heterocycles. The van der Waals surface area contributed by atoms with Crippen molar-refractivity contribution < 1.29 is 4.79 Å². The van der Waals surface area contributed by atoms with Gasteiger partial charge in [0, 0.05) is 19.2 Å². The molecule has 1 aliphatic rings. The maximum atomic E-state index is 11.4. The minimum Gasteiger partial charge on any atom is -0.306 e. The summed E-state index contributed by atoms with van der Waals surface area (Å²) in [7, 11) is 2.19. The van der Waals surface area contributed by atoms with Crippen molar-refractivity contribution in [2.75, 3.05) is 31.6 Å². The fourth-order valence-electron chi connectivity index (χ4n) is 2.22. The quantitative estimate of drug-likeness (QED) is 0.852. The molecule has 4 heteroatoms. The molecule has 0 radical (unpaired) electrons. The van der Waals surface area contributed by atoms with Gasteiger partial charge in [0.15, 0.2) is 0 Å². The lowest BCUT2D eigenvalue weighted by molar-refractivity contribution is -0.118. The number of rotatable bonds is 3. The molecule has 0 bridgehead atoms. The summed E-state index contributed by atoms with van der Waals surface area (Å²) in [5.74, 6) is 0.845. The van der Waals surface area contributed by atoms with Gasteiger partial charge in [-0.2, -0.15) is 0 Å². The molecule has 2 heterocycles. The lowest BCUT2D eigenvalue weighted by Gasteiger charge is -2.20.